The summed E-state index contributed by atoms with van der Waals surface area (Å²) in [5.41, 5.74) is 3.33. The average molecular weight is 474 g/mol. The van der Waals surface area contributed by atoms with Crippen molar-refractivity contribution >= 4 is 11.7 Å². The molecule has 3 heterocycles. The minimum atomic E-state index is -1.65. The summed E-state index contributed by atoms with van der Waals surface area (Å²) < 4.78 is 25.8. The van der Waals surface area contributed by atoms with Crippen molar-refractivity contribution in [2.24, 2.45) is 5.92 Å². The summed E-state index contributed by atoms with van der Waals surface area (Å²) in [5.74, 6) is -1.60. The molecule has 0 atom stereocenters. The van der Waals surface area contributed by atoms with E-state index in [-0.39, 0.29) is 17.6 Å². The van der Waals surface area contributed by atoms with Crippen LogP contribution in [0, 0.1) is 11.7 Å². The van der Waals surface area contributed by atoms with Crippen molar-refractivity contribution in [1.82, 2.24) is 20.3 Å². The second-order valence-corrected chi connectivity index (χ2v) is 8.34. The van der Waals surface area contributed by atoms with Gasteiger partial charge in [0.1, 0.15) is 5.82 Å². The van der Waals surface area contributed by atoms with E-state index >= 15 is 0 Å². The lowest BCUT2D eigenvalue weighted by Gasteiger charge is -2.37. The fourth-order valence-electron chi connectivity index (χ4n) is 3.78. The first kappa shape index (κ1) is 22.7. The lowest BCUT2D eigenvalue weighted by molar-refractivity contribution is -0.304. The largest absolute Gasteiger partial charge is 0.335 e. The van der Waals surface area contributed by atoms with Gasteiger partial charge in [0.2, 0.25) is 0 Å². The highest BCUT2D eigenvalue weighted by Gasteiger charge is 2.44. The Morgan fingerprint density at radius 3 is 2.37 bits per heavy atom. The van der Waals surface area contributed by atoms with Crippen LogP contribution in [0.25, 0.3) is 22.5 Å². The van der Waals surface area contributed by atoms with Crippen molar-refractivity contribution in [3.05, 3.63) is 90.8 Å². The van der Waals surface area contributed by atoms with Gasteiger partial charge in [-0.05, 0) is 48.5 Å². The van der Waals surface area contributed by atoms with E-state index in [9.17, 15) is 9.18 Å². The van der Waals surface area contributed by atoms with E-state index in [1.165, 1.54) is 12.1 Å². The molecular weight excluding hydrogens is 449 g/mol. The highest BCUT2D eigenvalue weighted by atomic mass is 19.1. The van der Waals surface area contributed by atoms with Crippen LogP contribution in [0.15, 0.2) is 79.1 Å². The third kappa shape index (κ3) is 4.91. The predicted octanol–water partition coefficient (Wildman–Crippen LogP) is 4.89. The van der Waals surface area contributed by atoms with E-state index in [4.69, 9.17) is 14.5 Å². The van der Waals surface area contributed by atoms with Gasteiger partial charge < -0.3 is 19.8 Å². The molecule has 3 N–H and O–H groups in total. The molecule has 0 radical (unpaired) electrons. The molecule has 2 amide bonds. The fraction of sp³-hybridized carbons (Fsp3) is 0.192. The molecule has 178 valence electrons. The zero-order valence-electron chi connectivity index (χ0n) is 19.0. The Balaban J connectivity index is 1.55. The lowest BCUT2D eigenvalue weighted by Crippen LogP contribution is -2.55. The Labute approximate surface area is 201 Å². The molecule has 1 aliphatic rings. The number of pyridine rings is 1. The third-order valence-corrected chi connectivity index (χ3v) is 5.55. The highest BCUT2D eigenvalue weighted by molar-refractivity contribution is 5.89. The van der Waals surface area contributed by atoms with Crippen molar-refractivity contribution in [3.63, 3.8) is 0 Å². The first-order valence-corrected chi connectivity index (χ1v) is 11.2. The monoisotopic (exact) mass is 473 g/mol. The molecule has 0 bridgehead atoms. The van der Waals surface area contributed by atoms with Gasteiger partial charge in [-0.15, -0.1) is 0 Å². The van der Waals surface area contributed by atoms with Crippen molar-refractivity contribution < 1.29 is 18.7 Å². The number of carbonyl (C=O) groups excluding carboxylic acids is 1. The maximum atomic E-state index is 13.6. The van der Waals surface area contributed by atoms with Crippen molar-refractivity contribution in [1.29, 1.82) is 0 Å². The Morgan fingerprint density at radius 1 is 1.00 bits per heavy atom. The fourth-order valence-corrected chi connectivity index (χ4v) is 3.78. The van der Waals surface area contributed by atoms with Crippen LogP contribution in [0.5, 0.6) is 0 Å². The van der Waals surface area contributed by atoms with Crippen LogP contribution in [-0.2, 0) is 15.4 Å². The van der Waals surface area contributed by atoms with E-state index in [0.29, 0.717) is 35.9 Å². The van der Waals surface area contributed by atoms with E-state index in [1.54, 1.807) is 36.7 Å². The number of para-hydroxylation sites is 1. The van der Waals surface area contributed by atoms with Crippen molar-refractivity contribution in [2.45, 2.75) is 12.8 Å². The molecule has 0 aliphatic carbocycles. The number of halogens is 1. The molecule has 8 nitrogen and oxygen atoms in total. The van der Waals surface area contributed by atoms with Crippen LogP contribution in [-0.4, -0.2) is 34.2 Å². The van der Waals surface area contributed by atoms with Crippen LogP contribution in [0.2, 0.25) is 0 Å². The third-order valence-electron chi connectivity index (χ3n) is 5.55. The minimum absolute atomic E-state index is 0.133. The Hall–Kier alpha value is -4.08. The smallest absolute Gasteiger partial charge is 0.323 e. The Bertz CT molecular complexity index is 1290. The molecule has 2 aromatic heterocycles. The molecule has 0 unspecified atom stereocenters. The summed E-state index contributed by atoms with van der Waals surface area (Å²) in [6.07, 6.45) is 3.34. The quantitative estimate of drug-likeness (QED) is 0.383. The summed E-state index contributed by atoms with van der Waals surface area (Å²) in [6, 6.07) is 18.2. The number of hydrogen-bond acceptors (Lipinski definition) is 5. The second kappa shape index (κ2) is 9.65. The van der Waals surface area contributed by atoms with Gasteiger partial charge in [0.25, 0.3) is 0 Å². The molecule has 0 saturated carbocycles. The number of H-pyrrole nitrogens is 1. The number of aromatic amines is 1. The molecule has 9 heteroatoms. The van der Waals surface area contributed by atoms with E-state index in [2.05, 4.69) is 20.6 Å². The van der Waals surface area contributed by atoms with E-state index in [1.807, 2.05) is 37.3 Å². The van der Waals surface area contributed by atoms with Crippen LogP contribution >= 0.6 is 0 Å². The summed E-state index contributed by atoms with van der Waals surface area (Å²) in [5, 5.41) is 5.59. The van der Waals surface area contributed by atoms with Gasteiger partial charge in [0.15, 0.2) is 5.82 Å². The average Bonchev–Trinajstić information content (AvgIpc) is 3.33. The standard InChI is InChI=1S/C26H24FN5O3/c1-17-15-34-26(35-16-17,32-25(33)29-21-5-3-2-4-6-21)24-30-22(18-7-9-20(27)10-8-18)23(31-24)19-11-13-28-14-12-19/h2-14,17H,15-16H2,1H3,(H,30,31)(H2,29,32,33). The number of aromatic nitrogens is 3. The number of imidazole rings is 1. The number of carbonyl (C=O) groups is 1. The van der Waals surface area contributed by atoms with Gasteiger partial charge in [-0.25, -0.2) is 14.2 Å². The van der Waals surface area contributed by atoms with Gasteiger partial charge >= 0.3 is 11.9 Å². The van der Waals surface area contributed by atoms with Crippen molar-refractivity contribution in [3.8, 4) is 22.5 Å². The zero-order chi connectivity index (χ0) is 24.3. The molecule has 2 aromatic carbocycles. The molecule has 5 rings (SSSR count). The highest BCUT2D eigenvalue weighted by Crippen LogP contribution is 2.35. The van der Waals surface area contributed by atoms with Crippen LogP contribution < -0.4 is 10.6 Å². The maximum Gasteiger partial charge on any atom is 0.323 e. The van der Waals surface area contributed by atoms with Gasteiger partial charge in [-0.3, -0.25) is 10.3 Å². The number of anilines is 1. The normalized spacial score (nSPS) is 19.8. The minimum Gasteiger partial charge on any atom is -0.335 e. The van der Waals surface area contributed by atoms with Crippen LogP contribution in [0.1, 0.15) is 12.7 Å². The molecule has 1 saturated heterocycles. The number of ether oxygens (including phenoxy) is 2. The Morgan fingerprint density at radius 2 is 1.69 bits per heavy atom. The lowest BCUT2D eigenvalue weighted by atomic mass is 10.1. The number of urea groups is 1. The topological polar surface area (TPSA) is 101 Å². The number of hydrogen-bond donors (Lipinski definition) is 3. The summed E-state index contributed by atoms with van der Waals surface area (Å²) in [4.78, 5) is 25.1. The van der Waals surface area contributed by atoms with Crippen LogP contribution in [0.3, 0.4) is 0 Å². The SMILES string of the molecule is CC1COC(NC(=O)Nc2ccccc2)(c2nc(-c3ccc(F)cc3)c(-c3ccncc3)[nH]2)OC1. The summed E-state index contributed by atoms with van der Waals surface area (Å²) in [7, 11) is 0. The van der Waals surface area contributed by atoms with Gasteiger partial charge in [0.05, 0.1) is 24.6 Å². The maximum absolute atomic E-state index is 13.6. The molecule has 0 spiro atoms. The number of nitrogens with zero attached hydrogens (tertiary/aromatic N) is 2. The number of benzene rings is 2. The molecule has 1 fully saturated rings. The number of rotatable bonds is 5. The number of amides is 2. The number of nitrogens with one attached hydrogen (secondary N) is 3. The zero-order valence-corrected chi connectivity index (χ0v) is 19.0. The molecule has 1 aliphatic heterocycles. The predicted molar refractivity (Wildman–Crippen MR) is 129 cm³/mol. The van der Waals surface area contributed by atoms with Gasteiger partial charge in [0, 0.05) is 35.1 Å². The molecule has 35 heavy (non-hydrogen) atoms. The van der Waals surface area contributed by atoms with E-state index in [0.717, 1.165) is 5.56 Å². The first-order chi connectivity index (χ1) is 17.0. The summed E-state index contributed by atoms with van der Waals surface area (Å²) >= 11 is 0. The van der Waals surface area contributed by atoms with E-state index < -0.39 is 11.9 Å². The Kier molecular flexibility index (Phi) is 6.26. The van der Waals surface area contributed by atoms with Crippen molar-refractivity contribution in [2.75, 3.05) is 18.5 Å². The van der Waals surface area contributed by atoms with Gasteiger partial charge in [-0.1, -0.05) is 25.1 Å². The molecular formula is C26H24FN5O3. The second-order valence-electron chi connectivity index (χ2n) is 8.34. The summed E-state index contributed by atoms with van der Waals surface area (Å²) in [6.45, 7) is 2.69. The van der Waals surface area contributed by atoms with Gasteiger partial charge in [-0.2, -0.15) is 0 Å². The van der Waals surface area contributed by atoms with Crippen LogP contribution in [0.4, 0.5) is 14.9 Å². The first-order valence-electron chi connectivity index (χ1n) is 11.2. The molecule has 4 aromatic rings.